The average Bonchev–Trinajstić information content (AvgIpc) is 2.18. The van der Waals surface area contributed by atoms with Crippen LogP contribution in [0.4, 0.5) is 5.69 Å². The lowest BCUT2D eigenvalue weighted by Gasteiger charge is -2.07. The first-order chi connectivity index (χ1) is 6.26. The number of hydrogen-bond acceptors (Lipinski definition) is 3. The number of nitrogens with one attached hydrogen (secondary N) is 2. The molecule has 1 rings (SSSR count). The van der Waals surface area contributed by atoms with Gasteiger partial charge < -0.3 is 16.5 Å². The van der Waals surface area contributed by atoms with Crippen LogP contribution in [0.15, 0.2) is 24.3 Å². The maximum atomic E-state index is 5.48. The molecule has 0 aromatic heterocycles. The summed E-state index contributed by atoms with van der Waals surface area (Å²) in [6.07, 6.45) is 0. The summed E-state index contributed by atoms with van der Waals surface area (Å²) in [7, 11) is 0. The number of nitrogens with two attached hydrogens (primary N) is 2. The van der Waals surface area contributed by atoms with Crippen LogP contribution in [0.5, 0.6) is 0 Å². The normalized spacial score (nSPS) is 9.38. The van der Waals surface area contributed by atoms with E-state index in [9.17, 15) is 0 Å². The van der Waals surface area contributed by atoms with E-state index >= 15 is 0 Å². The van der Waals surface area contributed by atoms with Crippen molar-refractivity contribution in [1.29, 1.82) is 0 Å². The van der Waals surface area contributed by atoms with Gasteiger partial charge in [0.1, 0.15) is 0 Å². The van der Waals surface area contributed by atoms with Gasteiger partial charge in [0.05, 0.1) is 0 Å². The summed E-state index contributed by atoms with van der Waals surface area (Å²) in [5.41, 5.74) is 9.75. The summed E-state index contributed by atoms with van der Waals surface area (Å²) < 4.78 is 0. The van der Waals surface area contributed by atoms with Crippen LogP contribution in [0.1, 0.15) is 5.56 Å². The van der Waals surface area contributed by atoms with Crippen LogP contribution in [0.3, 0.4) is 0 Å². The first-order valence-electron chi connectivity index (χ1n) is 3.83. The molecule has 0 radical (unpaired) electrons. The maximum absolute atomic E-state index is 5.48. The Hall–Kier alpha value is -1.17. The number of thiocarbonyl (C=S) groups is 1. The van der Waals surface area contributed by atoms with Crippen molar-refractivity contribution in [3.05, 3.63) is 29.8 Å². The minimum Gasteiger partial charge on any atom is -0.332 e. The van der Waals surface area contributed by atoms with E-state index in [1.165, 1.54) is 0 Å². The van der Waals surface area contributed by atoms with Crippen molar-refractivity contribution in [2.24, 2.45) is 11.6 Å². The summed E-state index contributed by atoms with van der Waals surface area (Å²) in [5.74, 6) is 5.11. The Bertz CT molecular complexity index is 300. The Kier molecular flexibility index (Phi) is 3.63. The number of hydrazine groups is 1. The lowest BCUT2D eigenvalue weighted by Crippen LogP contribution is -2.34. The van der Waals surface area contributed by atoms with Crippen LogP contribution in [0, 0.1) is 0 Å². The lowest BCUT2D eigenvalue weighted by atomic mass is 10.2. The topological polar surface area (TPSA) is 76.1 Å². The van der Waals surface area contributed by atoms with E-state index in [1.807, 2.05) is 24.3 Å². The van der Waals surface area contributed by atoms with E-state index in [1.54, 1.807) is 0 Å². The van der Waals surface area contributed by atoms with Crippen molar-refractivity contribution in [3.63, 3.8) is 0 Å². The molecule has 0 aliphatic rings. The molecule has 13 heavy (non-hydrogen) atoms. The van der Waals surface area contributed by atoms with Gasteiger partial charge in [-0.1, -0.05) is 12.1 Å². The summed E-state index contributed by atoms with van der Waals surface area (Å²) in [5, 5.41) is 3.29. The zero-order valence-corrected chi connectivity index (χ0v) is 7.90. The molecule has 0 spiro atoms. The number of anilines is 1. The highest BCUT2D eigenvalue weighted by Gasteiger charge is 1.95. The number of rotatable bonds is 2. The fraction of sp³-hybridized carbons (Fsp3) is 0.125. The summed E-state index contributed by atoms with van der Waals surface area (Å²) in [4.78, 5) is 0. The van der Waals surface area contributed by atoms with Gasteiger partial charge in [0.25, 0.3) is 0 Å². The molecule has 5 heteroatoms. The molecule has 0 heterocycles. The molecule has 0 atom stereocenters. The van der Waals surface area contributed by atoms with Crippen LogP contribution in [-0.4, -0.2) is 5.11 Å². The Labute approximate surface area is 82.3 Å². The molecule has 0 saturated carbocycles. The van der Waals surface area contributed by atoms with Gasteiger partial charge in [-0.15, -0.1) is 0 Å². The largest absolute Gasteiger partial charge is 0.332 e. The first kappa shape index (κ1) is 9.91. The molecule has 0 saturated heterocycles. The highest BCUT2D eigenvalue weighted by Crippen LogP contribution is 2.09. The van der Waals surface area contributed by atoms with Crippen LogP contribution in [0.25, 0.3) is 0 Å². The van der Waals surface area contributed by atoms with E-state index < -0.39 is 0 Å². The van der Waals surface area contributed by atoms with Crippen molar-refractivity contribution >= 4 is 23.0 Å². The monoisotopic (exact) mass is 196 g/mol. The molecule has 1 aromatic rings. The summed E-state index contributed by atoms with van der Waals surface area (Å²) in [6, 6.07) is 7.67. The quantitative estimate of drug-likeness (QED) is 0.311. The smallest absolute Gasteiger partial charge is 0.185 e. The molecule has 0 aliphatic heterocycles. The lowest BCUT2D eigenvalue weighted by molar-refractivity contribution is 1.04. The molecule has 0 bridgehead atoms. The van der Waals surface area contributed by atoms with Gasteiger partial charge in [0.2, 0.25) is 0 Å². The van der Waals surface area contributed by atoms with Crippen molar-refractivity contribution in [1.82, 2.24) is 5.43 Å². The van der Waals surface area contributed by atoms with E-state index in [2.05, 4.69) is 10.7 Å². The van der Waals surface area contributed by atoms with E-state index in [0.29, 0.717) is 11.7 Å². The van der Waals surface area contributed by atoms with Gasteiger partial charge in [-0.05, 0) is 29.9 Å². The van der Waals surface area contributed by atoms with Gasteiger partial charge >= 0.3 is 0 Å². The highest BCUT2D eigenvalue weighted by atomic mass is 32.1. The van der Waals surface area contributed by atoms with E-state index in [-0.39, 0.29) is 0 Å². The maximum Gasteiger partial charge on any atom is 0.185 e. The molecule has 6 N–H and O–H groups in total. The van der Waals surface area contributed by atoms with Crippen LogP contribution in [0.2, 0.25) is 0 Å². The molecule has 1 aromatic carbocycles. The Balaban J connectivity index is 2.71. The first-order valence-corrected chi connectivity index (χ1v) is 4.23. The second-order valence-electron chi connectivity index (χ2n) is 2.50. The van der Waals surface area contributed by atoms with Gasteiger partial charge in [-0.3, -0.25) is 0 Å². The fourth-order valence-corrected chi connectivity index (χ4v) is 1.06. The highest BCUT2D eigenvalue weighted by molar-refractivity contribution is 7.80. The van der Waals surface area contributed by atoms with Gasteiger partial charge in [0.15, 0.2) is 5.11 Å². The van der Waals surface area contributed by atoms with Gasteiger partial charge in [0, 0.05) is 12.2 Å². The Morgan fingerprint density at radius 2 is 2.23 bits per heavy atom. The predicted molar refractivity (Wildman–Crippen MR) is 57.9 cm³/mol. The molecule has 0 amide bonds. The summed E-state index contributed by atoms with van der Waals surface area (Å²) >= 11 is 4.84. The average molecular weight is 196 g/mol. The fourth-order valence-electron chi connectivity index (χ4n) is 0.943. The Morgan fingerprint density at radius 3 is 2.85 bits per heavy atom. The zero-order valence-electron chi connectivity index (χ0n) is 7.08. The predicted octanol–water partition coefficient (Wildman–Crippen LogP) is 0.305. The van der Waals surface area contributed by atoms with Crippen LogP contribution < -0.4 is 22.3 Å². The number of benzene rings is 1. The second kappa shape index (κ2) is 4.76. The van der Waals surface area contributed by atoms with E-state index in [0.717, 1.165) is 11.3 Å². The minimum absolute atomic E-state index is 0.383. The molecule has 4 nitrogen and oxygen atoms in total. The second-order valence-corrected chi connectivity index (χ2v) is 2.91. The molecule has 0 aliphatic carbocycles. The standard InChI is InChI=1S/C8H12N4S/c9-5-6-2-1-3-7(4-6)11-8(13)12-10/h1-4H,5,9-10H2,(H2,11,12,13). The van der Waals surface area contributed by atoms with E-state index in [4.69, 9.17) is 23.8 Å². The molecule has 0 fully saturated rings. The third kappa shape index (κ3) is 2.98. The van der Waals surface area contributed by atoms with Crippen molar-refractivity contribution < 1.29 is 0 Å². The third-order valence-electron chi connectivity index (χ3n) is 1.55. The zero-order chi connectivity index (χ0) is 9.68. The molecule has 70 valence electrons. The summed E-state index contributed by atoms with van der Waals surface area (Å²) in [6.45, 7) is 0.512. The Morgan fingerprint density at radius 1 is 1.46 bits per heavy atom. The van der Waals surface area contributed by atoms with Crippen LogP contribution >= 0.6 is 12.2 Å². The van der Waals surface area contributed by atoms with Crippen molar-refractivity contribution in [2.75, 3.05) is 5.32 Å². The van der Waals surface area contributed by atoms with Gasteiger partial charge in [-0.25, -0.2) is 5.84 Å². The van der Waals surface area contributed by atoms with Crippen molar-refractivity contribution in [3.8, 4) is 0 Å². The molecular weight excluding hydrogens is 184 g/mol. The van der Waals surface area contributed by atoms with Crippen molar-refractivity contribution in [2.45, 2.75) is 6.54 Å². The SMILES string of the molecule is NCc1cccc(NC(=S)NN)c1. The van der Waals surface area contributed by atoms with Gasteiger partial charge in [-0.2, -0.15) is 0 Å². The third-order valence-corrected chi connectivity index (χ3v) is 1.77. The van der Waals surface area contributed by atoms with Crippen LogP contribution in [-0.2, 0) is 6.54 Å². The number of hydrogen-bond donors (Lipinski definition) is 4. The molecule has 0 unspecified atom stereocenters. The molecular formula is C8H12N4S. The minimum atomic E-state index is 0.383.